The predicted molar refractivity (Wildman–Crippen MR) is 125 cm³/mol. The van der Waals surface area contributed by atoms with Crippen LogP contribution in [0.3, 0.4) is 0 Å². The van der Waals surface area contributed by atoms with Crippen LogP contribution in [0.1, 0.15) is 55.8 Å². The fourth-order valence-electron chi connectivity index (χ4n) is 3.35. The quantitative estimate of drug-likeness (QED) is 0.336. The third-order valence-corrected chi connectivity index (χ3v) is 5.19. The number of benzene rings is 2. The second-order valence-electron chi connectivity index (χ2n) is 7.61. The predicted octanol–water partition coefficient (Wildman–Crippen LogP) is 6.37. The van der Waals surface area contributed by atoms with E-state index in [9.17, 15) is 4.79 Å². The highest BCUT2D eigenvalue weighted by molar-refractivity contribution is 5.92. The third-order valence-electron chi connectivity index (χ3n) is 5.19. The molecule has 0 radical (unpaired) electrons. The normalized spacial score (nSPS) is 12.1. The zero-order chi connectivity index (χ0) is 21.2. The van der Waals surface area contributed by atoms with Gasteiger partial charge in [-0.2, -0.15) is 0 Å². The number of aryl methyl sites for hydroxylation is 1. The number of hydrogen-bond donors (Lipinski definition) is 1. The molecule has 1 atom stereocenters. The zero-order valence-corrected chi connectivity index (χ0v) is 17.8. The maximum atomic E-state index is 12.2. The van der Waals surface area contributed by atoms with Crippen molar-refractivity contribution in [2.75, 3.05) is 0 Å². The molecule has 1 heterocycles. The summed E-state index contributed by atoms with van der Waals surface area (Å²) in [4.78, 5) is 16.8. The number of unbranched alkanes of at least 4 members (excludes halogenated alkanes) is 2. The number of nitrogens with one attached hydrogen (secondary N) is 1. The molecule has 1 N–H and O–H groups in total. The number of hydrogen-bond acceptors (Lipinski definition) is 2. The van der Waals surface area contributed by atoms with Crippen LogP contribution in [0.15, 0.2) is 79.0 Å². The first-order valence-corrected chi connectivity index (χ1v) is 10.7. The van der Waals surface area contributed by atoms with Crippen LogP contribution in [0.4, 0.5) is 0 Å². The maximum absolute atomic E-state index is 12.2. The number of rotatable bonds is 9. The lowest BCUT2D eigenvalue weighted by atomic mass is 10.1. The van der Waals surface area contributed by atoms with Crippen molar-refractivity contribution >= 4 is 12.0 Å². The lowest BCUT2D eigenvalue weighted by Crippen LogP contribution is -2.24. The number of nitrogens with zero attached hydrogens (tertiary/aromatic N) is 1. The Kier molecular flexibility index (Phi) is 7.96. The average molecular weight is 399 g/mol. The summed E-state index contributed by atoms with van der Waals surface area (Å²) in [6, 6.07) is 22.3. The molecule has 1 aromatic heterocycles. The minimum atomic E-state index is -0.101. The van der Waals surface area contributed by atoms with Gasteiger partial charge in [0.15, 0.2) is 0 Å². The van der Waals surface area contributed by atoms with Gasteiger partial charge in [0, 0.05) is 17.8 Å². The molecule has 3 rings (SSSR count). The van der Waals surface area contributed by atoms with Gasteiger partial charge in [0.1, 0.15) is 0 Å². The van der Waals surface area contributed by atoms with E-state index in [4.69, 9.17) is 0 Å². The zero-order valence-electron chi connectivity index (χ0n) is 17.8. The van der Waals surface area contributed by atoms with Crippen molar-refractivity contribution in [2.24, 2.45) is 0 Å². The molecular formula is C27H30N2O. The van der Waals surface area contributed by atoms with Gasteiger partial charge < -0.3 is 5.32 Å². The van der Waals surface area contributed by atoms with Crippen LogP contribution in [0.5, 0.6) is 0 Å². The van der Waals surface area contributed by atoms with Crippen molar-refractivity contribution in [1.82, 2.24) is 10.3 Å². The fraction of sp³-hybridized carbons (Fsp3) is 0.259. The van der Waals surface area contributed by atoms with Crippen molar-refractivity contribution < 1.29 is 4.79 Å². The Bertz CT molecular complexity index is 944. The first-order chi connectivity index (χ1) is 14.7. The van der Waals surface area contributed by atoms with E-state index in [1.54, 1.807) is 6.08 Å². The van der Waals surface area contributed by atoms with Gasteiger partial charge in [-0.25, -0.2) is 0 Å². The van der Waals surface area contributed by atoms with Crippen molar-refractivity contribution in [3.63, 3.8) is 0 Å². The Labute approximate surface area is 179 Å². The molecule has 0 saturated heterocycles. The summed E-state index contributed by atoms with van der Waals surface area (Å²) in [6.07, 6.45) is 10.2. The van der Waals surface area contributed by atoms with Crippen molar-refractivity contribution in [3.05, 3.63) is 95.7 Å². The SMILES string of the molecule is CCCCCc1ccc(-c2ccc(/C=C/C(=O)N[C@H](C)c3ccccc3)cc2)nc1. The lowest BCUT2D eigenvalue weighted by Gasteiger charge is -2.12. The number of carbonyl (C=O) groups is 1. The van der Waals surface area contributed by atoms with Gasteiger partial charge in [-0.3, -0.25) is 9.78 Å². The molecule has 0 bridgehead atoms. The highest BCUT2D eigenvalue weighted by Gasteiger charge is 2.06. The Morgan fingerprint density at radius 3 is 2.43 bits per heavy atom. The summed E-state index contributed by atoms with van der Waals surface area (Å²) >= 11 is 0. The van der Waals surface area contributed by atoms with Crippen LogP contribution in [-0.2, 0) is 11.2 Å². The van der Waals surface area contributed by atoms with Gasteiger partial charge in [0.2, 0.25) is 5.91 Å². The highest BCUT2D eigenvalue weighted by Crippen LogP contribution is 2.19. The molecule has 0 aliphatic rings. The second kappa shape index (κ2) is 11.1. The summed E-state index contributed by atoms with van der Waals surface area (Å²) in [5.74, 6) is -0.101. The van der Waals surface area contributed by atoms with Crippen molar-refractivity contribution in [2.45, 2.75) is 45.6 Å². The topological polar surface area (TPSA) is 42.0 Å². The first-order valence-electron chi connectivity index (χ1n) is 10.7. The summed E-state index contributed by atoms with van der Waals surface area (Å²) in [5.41, 5.74) is 5.42. The molecule has 30 heavy (non-hydrogen) atoms. The molecule has 1 amide bonds. The van der Waals surface area contributed by atoms with Crippen LogP contribution >= 0.6 is 0 Å². The van der Waals surface area contributed by atoms with Crippen LogP contribution in [0, 0.1) is 0 Å². The largest absolute Gasteiger partial charge is 0.346 e. The average Bonchev–Trinajstić information content (AvgIpc) is 2.79. The van der Waals surface area contributed by atoms with E-state index in [0.717, 1.165) is 28.8 Å². The number of pyridine rings is 1. The molecule has 0 fully saturated rings. The molecule has 0 saturated carbocycles. The van der Waals surface area contributed by atoms with Gasteiger partial charge in [-0.05, 0) is 48.6 Å². The van der Waals surface area contributed by atoms with Crippen molar-refractivity contribution in [1.29, 1.82) is 0 Å². The fourth-order valence-corrected chi connectivity index (χ4v) is 3.35. The third kappa shape index (κ3) is 6.41. The van der Waals surface area contributed by atoms with E-state index in [2.05, 4.69) is 29.4 Å². The van der Waals surface area contributed by atoms with Crippen molar-refractivity contribution in [3.8, 4) is 11.3 Å². The van der Waals surface area contributed by atoms with E-state index in [0.29, 0.717) is 0 Å². The van der Waals surface area contributed by atoms with E-state index >= 15 is 0 Å². The monoisotopic (exact) mass is 398 g/mol. The molecule has 0 aliphatic carbocycles. The van der Waals surface area contributed by atoms with E-state index in [1.165, 1.54) is 24.8 Å². The minimum Gasteiger partial charge on any atom is -0.346 e. The van der Waals surface area contributed by atoms with E-state index < -0.39 is 0 Å². The first kappa shape index (κ1) is 21.5. The Balaban J connectivity index is 1.55. The smallest absolute Gasteiger partial charge is 0.244 e. The molecule has 3 heteroatoms. The summed E-state index contributed by atoms with van der Waals surface area (Å²) < 4.78 is 0. The van der Waals surface area contributed by atoms with Gasteiger partial charge in [-0.15, -0.1) is 0 Å². The van der Waals surface area contributed by atoms with Crippen LogP contribution in [0.2, 0.25) is 0 Å². The Morgan fingerprint density at radius 1 is 1.00 bits per heavy atom. The molecule has 2 aromatic carbocycles. The molecule has 154 valence electrons. The van der Waals surface area contributed by atoms with Crippen LogP contribution < -0.4 is 5.32 Å². The standard InChI is InChI=1S/C27H30N2O/c1-3-4-6-9-23-14-18-26(28-20-23)25-16-12-22(13-17-25)15-19-27(30)29-21(2)24-10-7-5-8-11-24/h5,7-8,10-21H,3-4,6,9H2,1-2H3,(H,29,30)/b19-15+/t21-/m1/s1. The summed E-state index contributed by atoms with van der Waals surface area (Å²) in [6.45, 7) is 4.20. The van der Waals surface area contributed by atoms with Crippen LogP contribution in [-0.4, -0.2) is 10.9 Å². The van der Waals surface area contributed by atoms with E-state index in [-0.39, 0.29) is 11.9 Å². The lowest BCUT2D eigenvalue weighted by molar-refractivity contribution is -0.117. The molecular weight excluding hydrogens is 368 g/mol. The minimum absolute atomic E-state index is 0.0262. The van der Waals surface area contributed by atoms with Crippen LogP contribution in [0.25, 0.3) is 17.3 Å². The number of carbonyl (C=O) groups excluding carboxylic acids is 1. The molecule has 3 aromatic rings. The molecule has 0 aliphatic heterocycles. The Morgan fingerprint density at radius 2 is 1.77 bits per heavy atom. The van der Waals surface area contributed by atoms with Gasteiger partial charge in [0.05, 0.1) is 11.7 Å². The molecule has 0 unspecified atom stereocenters. The maximum Gasteiger partial charge on any atom is 0.244 e. The number of aromatic nitrogens is 1. The summed E-state index contributed by atoms with van der Waals surface area (Å²) in [5, 5.41) is 2.99. The highest BCUT2D eigenvalue weighted by atomic mass is 16.1. The van der Waals surface area contributed by atoms with Gasteiger partial charge in [-0.1, -0.05) is 80.4 Å². The number of amides is 1. The van der Waals surface area contributed by atoms with E-state index in [1.807, 2.05) is 73.8 Å². The molecule has 0 spiro atoms. The Hall–Kier alpha value is -3.20. The summed E-state index contributed by atoms with van der Waals surface area (Å²) in [7, 11) is 0. The molecule has 3 nitrogen and oxygen atoms in total. The van der Waals surface area contributed by atoms with Gasteiger partial charge >= 0.3 is 0 Å². The van der Waals surface area contributed by atoms with Gasteiger partial charge in [0.25, 0.3) is 0 Å². The second-order valence-corrected chi connectivity index (χ2v) is 7.61.